The van der Waals surface area contributed by atoms with Crippen molar-refractivity contribution in [3.8, 4) is 0 Å². The molecule has 0 fully saturated rings. The molecule has 1 nitrogen and oxygen atoms in total. The summed E-state index contributed by atoms with van der Waals surface area (Å²) in [6.45, 7) is 10.5. The summed E-state index contributed by atoms with van der Waals surface area (Å²) in [5.41, 5.74) is 1.95. The number of nitrogens with one attached hydrogen (secondary N) is 1. The van der Waals surface area contributed by atoms with Crippen LogP contribution in [0.2, 0.25) is 0 Å². The molecule has 1 unspecified atom stereocenters. The third kappa shape index (κ3) is 2.92. The van der Waals surface area contributed by atoms with Crippen LogP contribution in [0.3, 0.4) is 0 Å². The molecule has 2 rings (SSSR count). The maximum absolute atomic E-state index is 3.79. The van der Waals surface area contributed by atoms with E-state index < -0.39 is 0 Å². The molecule has 1 heterocycles. The van der Waals surface area contributed by atoms with Crippen LogP contribution in [-0.2, 0) is 6.42 Å². The van der Waals surface area contributed by atoms with Gasteiger partial charge in [0.1, 0.15) is 0 Å². The Balaban J connectivity index is 1.98. The van der Waals surface area contributed by atoms with Crippen LogP contribution in [0.4, 0.5) is 0 Å². The first kappa shape index (κ1) is 13.1. The molecule has 0 saturated heterocycles. The Morgan fingerprint density at radius 1 is 1.47 bits per heavy atom. The van der Waals surface area contributed by atoms with Gasteiger partial charge >= 0.3 is 0 Å². The van der Waals surface area contributed by atoms with Crippen molar-refractivity contribution in [2.24, 2.45) is 11.3 Å². The Bertz CT molecular complexity index is 365. The Morgan fingerprint density at radius 2 is 2.24 bits per heavy atom. The summed E-state index contributed by atoms with van der Waals surface area (Å²) in [4.78, 5) is 1.61. The van der Waals surface area contributed by atoms with Gasteiger partial charge in [0, 0.05) is 17.5 Å². The van der Waals surface area contributed by atoms with E-state index in [1.165, 1.54) is 19.3 Å². The second kappa shape index (κ2) is 5.11. The topological polar surface area (TPSA) is 12.0 Å². The maximum atomic E-state index is 3.79. The smallest absolute Gasteiger partial charge is 0.0331 e. The van der Waals surface area contributed by atoms with Crippen LogP contribution < -0.4 is 5.32 Å². The SMILES string of the molecule is CC(C)C(C)(C)CNC1CCCc2sccc21. The molecule has 1 aromatic heterocycles. The zero-order valence-corrected chi connectivity index (χ0v) is 12.4. The van der Waals surface area contributed by atoms with Gasteiger partial charge in [-0.05, 0) is 47.6 Å². The molecule has 1 aromatic rings. The summed E-state index contributed by atoms with van der Waals surface area (Å²) in [6.07, 6.45) is 3.93. The van der Waals surface area contributed by atoms with Gasteiger partial charge in [-0.1, -0.05) is 27.7 Å². The van der Waals surface area contributed by atoms with E-state index in [1.807, 2.05) is 11.3 Å². The van der Waals surface area contributed by atoms with Gasteiger partial charge in [0.2, 0.25) is 0 Å². The molecular weight excluding hydrogens is 226 g/mol. The Kier molecular flexibility index (Phi) is 3.94. The highest BCUT2D eigenvalue weighted by molar-refractivity contribution is 7.10. The van der Waals surface area contributed by atoms with Crippen molar-refractivity contribution in [3.63, 3.8) is 0 Å². The summed E-state index contributed by atoms with van der Waals surface area (Å²) in [5.74, 6) is 0.723. The first-order valence-corrected chi connectivity index (χ1v) is 7.68. The lowest BCUT2D eigenvalue weighted by atomic mass is 9.80. The van der Waals surface area contributed by atoms with Gasteiger partial charge in [-0.15, -0.1) is 11.3 Å². The highest BCUT2D eigenvalue weighted by Crippen LogP contribution is 2.34. The summed E-state index contributed by atoms with van der Waals surface area (Å²) in [6, 6.07) is 2.92. The van der Waals surface area contributed by atoms with E-state index in [4.69, 9.17) is 0 Å². The summed E-state index contributed by atoms with van der Waals surface area (Å²) in [5, 5.41) is 6.04. The molecule has 0 aromatic carbocycles. The number of rotatable bonds is 4. The zero-order chi connectivity index (χ0) is 12.5. The fraction of sp³-hybridized carbons (Fsp3) is 0.733. The fourth-order valence-corrected chi connectivity index (χ4v) is 3.28. The number of hydrogen-bond acceptors (Lipinski definition) is 2. The van der Waals surface area contributed by atoms with Gasteiger partial charge in [0.05, 0.1) is 0 Å². The van der Waals surface area contributed by atoms with E-state index in [0.717, 1.165) is 12.5 Å². The van der Waals surface area contributed by atoms with Crippen molar-refractivity contribution in [1.82, 2.24) is 5.32 Å². The summed E-state index contributed by atoms with van der Waals surface area (Å²) < 4.78 is 0. The average Bonchev–Trinajstić information content (AvgIpc) is 2.74. The minimum atomic E-state index is 0.383. The molecule has 1 N–H and O–H groups in total. The van der Waals surface area contributed by atoms with E-state index in [1.54, 1.807) is 10.4 Å². The summed E-state index contributed by atoms with van der Waals surface area (Å²) in [7, 11) is 0. The molecule has 17 heavy (non-hydrogen) atoms. The van der Waals surface area contributed by atoms with Crippen LogP contribution in [-0.4, -0.2) is 6.54 Å². The lowest BCUT2D eigenvalue weighted by Gasteiger charge is -2.33. The van der Waals surface area contributed by atoms with E-state index in [9.17, 15) is 0 Å². The van der Waals surface area contributed by atoms with Crippen molar-refractivity contribution in [2.45, 2.75) is 53.0 Å². The molecule has 0 radical (unpaired) electrons. The third-order valence-corrected chi connectivity index (χ3v) is 5.42. The molecule has 1 atom stereocenters. The number of hydrogen-bond donors (Lipinski definition) is 1. The standard InChI is InChI=1S/C15H25NS/c1-11(2)15(3,4)10-16-13-6-5-7-14-12(13)8-9-17-14/h8-9,11,13,16H,5-7,10H2,1-4H3. The van der Waals surface area contributed by atoms with Crippen molar-refractivity contribution in [3.05, 3.63) is 21.9 Å². The second-order valence-corrected chi connectivity index (χ2v) is 7.27. The first-order valence-electron chi connectivity index (χ1n) is 6.80. The Labute approximate surface area is 110 Å². The molecule has 1 aliphatic rings. The van der Waals surface area contributed by atoms with Crippen LogP contribution in [0, 0.1) is 11.3 Å². The average molecular weight is 251 g/mol. The normalized spacial score (nSPS) is 20.6. The largest absolute Gasteiger partial charge is 0.309 e. The quantitative estimate of drug-likeness (QED) is 0.836. The lowest BCUT2D eigenvalue weighted by Crippen LogP contribution is -2.36. The predicted octanol–water partition coefficient (Wildman–Crippen LogP) is 4.40. The summed E-state index contributed by atoms with van der Waals surface area (Å²) >= 11 is 1.93. The van der Waals surface area contributed by atoms with Gasteiger partial charge in [-0.2, -0.15) is 0 Å². The molecule has 96 valence electrons. The van der Waals surface area contributed by atoms with Crippen molar-refractivity contribution in [2.75, 3.05) is 6.54 Å². The highest BCUT2D eigenvalue weighted by Gasteiger charge is 2.26. The van der Waals surface area contributed by atoms with Crippen molar-refractivity contribution in [1.29, 1.82) is 0 Å². The van der Waals surface area contributed by atoms with Crippen LogP contribution in [0.15, 0.2) is 11.4 Å². The molecule has 0 bridgehead atoms. The molecule has 1 aliphatic carbocycles. The molecule has 2 heteroatoms. The van der Waals surface area contributed by atoms with Crippen molar-refractivity contribution < 1.29 is 0 Å². The Hall–Kier alpha value is -0.340. The predicted molar refractivity (Wildman–Crippen MR) is 76.6 cm³/mol. The van der Waals surface area contributed by atoms with Crippen LogP contribution in [0.1, 0.15) is 57.0 Å². The van der Waals surface area contributed by atoms with Crippen LogP contribution in [0.25, 0.3) is 0 Å². The Morgan fingerprint density at radius 3 is 2.94 bits per heavy atom. The van der Waals surface area contributed by atoms with Gasteiger partial charge < -0.3 is 5.32 Å². The molecule has 0 spiro atoms. The molecule has 0 amide bonds. The van der Waals surface area contributed by atoms with Gasteiger partial charge in [-0.3, -0.25) is 0 Å². The van der Waals surface area contributed by atoms with Gasteiger partial charge in [0.25, 0.3) is 0 Å². The lowest BCUT2D eigenvalue weighted by molar-refractivity contribution is 0.224. The highest BCUT2D eigenvalue weighted by atomic mass is 32.1. The monoisotopic (exact) mass is 251 g/mol. The molecular formula is C15H25NS. The van der Waals surface area contributed by atoms with E-state index >= 15 is 0 Å². The van der Waals surface area contributed by atoms with Crippen LogP contribution in [0.5, 0.6) is 0 Å². The van der Waals surface area contributed by atoms with E-state index in [-0.39, 0.29) is 0 Å². The number of thiophene rings is 1. The first-order chi connectivity index (χ1) is 8.00. The van der Waals surface area contributed by atoms with Gasteiger partial charge in [-0.25, -0.2) is 0 Å². The maximum Gasteiger partial charge on any atom is 0.0331 e. The molecule has 0 saturated carbocycles. The van der Waals surface area contributed by atoms with E-state index in [2.05, 4.69) is 44.5 Å². The number of fused-ring (bicyclic) bond motifs is 1. The van der Waals surface area contributed by atoms with E-state index in [0.29, 0.717) is 11.5 Å². The number of aryl methyl sites for hydroxylation is 1. The van der Waals surface area contributed by atoms with Crippen LogP contribution >= 0.6 is 11.3 Å². The minimum absolute atomic E-state index is 0.383. The third-order valence-electron chi connectivity index (χ3n) is 4.42. The zero-order valence-electron chi connectivity index (χ0n) is 11.5. The van der Waals surface area contributed by atoms with Crippen molar-refractivity contribution >= 4 is 11.3 Å². The minimum Gasteiger partial charge on any atom is -0.309 e. The fourth-order valence-electron chi connectivity index (χ4n) is 2.29. The second-order valence-electron chi connectivity index (χ2n) is 6.27. The molecule has 0 aliphatic heterocycles. The van der Waals surface area contributed by atoms with Gasteiger partial charge in [0.15, 0.2) is 0 Å².